The lowest BCUT2D eigenvalue weighted by atomic mass is 9.97. The van der Waals surface area contributed by atoms with Crippen molar-refractivity contribution in [2.24, 2.45) is 0 Å². The molecule has 0 N–H and O–H groups in total. The second-order valence-electron chi connectivity index (χ2n) is 7.01. The minimum absolute atomic E-state index is 0.926. The number of rotatable bonds is 1. The Balaban J connectivity index is 1.85. The molecular weight excluding hydrogens is 328 g/mol. The second-order valence-corrected chi connectivity index (χ2v) is 7.01. The third-order valence-electron chi connectivity index (χ3n) is 5.41. The molecule has 1 heterocycles. The highest BCUT2D eigenvalue weighted by molar-refractivity contribution is 6.15. The summed E-state index contributed by atoms with van der Waals surface area (Å²) >= 11 is 0. The first-order valence-electron chi connectivity index (χ1n) is 9.21. The zero-order chi connectivity index (χ0) is 17.8. The summed E-state index contributed by atoms with van der Waals surface area (Å²) in [5.41, 5.74) is 4.48. The highest BCUT2D eigenvalue weighted by Crippen LogP contribution is 2.46. The Kier molecular flexibility index (Phi) is 2.95. The van der Waals surface area contributed by atoms with Gasteiger partial charge >= 0.3 is 0 Å². The average Bonchev–Trinajstić information content (AvgIpc) is 3.12. The minimum atomic E-state index is 0.926. The van der Waals surface area contributed by atoms with Gasteiger partial charge in [0, 0.05) is 16.5 Å². The summed E-state index contributed by atoms with van der Waals surface area (Å²) < 4.78 is 6.54. The predicted molar refractivity (Wildman–Crippen MR) is 113 cm³/mol. The molecule has 0 amide bonds. The van der Waals surface area contributed by atoms with E-state index in [1.165, 1.54) is 38.1 Å². The SMILES string of the molecule is c1ccc(-c2oc3cc4ccccc4cc3c3cc4ccccc4c2-3)cc1. The smallest absolute Gasteiger partial charge is 0.143 e. The molecule has 4 aromatic carbocycles. The second kappa shape index (κ2) is 5.46. The summed E-state index contributed by atoms with van der Waals surface area (Å²) in [4.78, 5) is 0. The third kappa shape index (κ3) is 2.12. The van der Waals surface area contributed by atoms with Crippen LogP contribution in [0.5, 0.6) is 0 Å². The van der Waals surface area contributed by atoms with E-state index in [0.29, 0.717) is 0 Å². The molecule has 0 radical (unpaired) electrons. The van der Waals surface area contributed by atoms with Gasteiger partial charge in [-0.15, -0.1) is 0 Å². The lowest BCUT2D eigenvalue weighted by Crippen LogP contribution is -1.87. The number of hydrogen-bond donors (Lipinski definition) is 0. The summed E-state index contributed by atoms with van der Waals surface area (Å²) in [6.45, 7) is 0. The Morgan fingerprint density at radius 1 is 0.519 bits per heavy atom. The van der Waals surface area contributed by atoms with Crippen molar-refractivity contribution in [3.8, 4) is 22.5 Å². The van der Waals surface area contributed by atoms with Crippen LogP contribution in [0.1, 0.15) is 0 Å². The topological polar surface area (TPSA) is 13.1 Å². The Labute approximate surface area is 156 Å². The quantitative estimate of drug-likeness (QED) is 0.281. The summed E-state index contributed by atoms with van der Waals surface area (Å²) in [6, 6.07) is 34.1. The van der Waals surface area contributed by atoms with Crippen LogP contribution in [-0.4, -0.2) is 0 Å². The molecule has 0 spiro atoms. The van der Waals surface area contributed by atoms with Gasteiger partial charge in [-0.3, -0.25) is 0 Å². The van der Waals surface area contributed by atoms with Gasteiger partial charge in [-0.05, 0) is 45.3 Å². The molecule has 0 bridgehead atoms. The van der Waals surface area contributed by atoms with Gasteiger partial charge in [0.15, 0.2) is 0 Å². The van der Waals surface area contributed by atoms with Crippen LogP contribution >= 0.6 is 0 Å². The van der Waals surface area contributed by atoms with Crippen molar-refractivity contribution in [1.29, 1.82) is 0 Å². The van der Waals surface area contributed by atoms with Crippen LogP contribution in [0.4, 0.5) is 0 Å². The van der Waals surface area contributed by atoms with E-state index in [1.807, 2.05) is 6.07 Å². The Morgan fingerprint density at radius 3 is 2.00 bits per heavy atom. The normalized spacial score (nSPS) is 11.7. The van der Waals surface area contributed by atoms with Gasteiger partial charge in [-0.1, -0.05) is 78.9 Å². The standard InChI is InChI=1S/C26H16O/c1-2-8-17(9-3-1)26-25-21-13-7-6-12-20(21)15-23(25)22-14-18-10-4-5-11-19(18)16-24(22)27-26/h1-16H. The molecular formula is C26H16O. The molecule has 6 rings (SSSR count). The maximum atomic E-state index is 6.54. The Hall–Kier alpha value is -3.58. The van der Waals surface area contributed by atoms with Crippen LogP contribution in [0.15, 0.2) is 101 Å². The molecule has 1 heteroatoms. The molecule has 0 fully saturated rings. The largest absolute Gasteiger partial charge is 0.455 e. The molecule has 126 valence electrons. The van der Waals surface area contributed by atoms with Crippen molar-refractivity contribution in [3.63, 3.8) is 0 Å². The van der Waals surface area contributed by atoms with Crippen LogP contribution in [0.2, 0.25) is 0 Å². The van der Waals surface area contributed by atoms with E-state index in [1.54, 1.807) is 0 Å². The van der Waals surface area contributed by atoms with Gasteiger partial charge in [-0.25, -0.2) is 0 Å². The fraction of sp³-hybridized carbons (Fsp3) is 0. The van der Waals surface area contributed by atoms with Gasteiger partial charge < -0.3 is 4.42 Å². The van der Waals surface area contributed by atoms with Gasteiger partial charge in [-0.2, -0.15) is 0 Å². The van der Waals surface area contributed by atoms with E-state index in [2.05, 4.69) is 91.0 Å². The molecule has 2 aliphatic rings. The van der Waals surface area contributed by atoms with Gasteiger partial charge in [0.05, 0.1) is 0 Å². The van der Waals surface area contributed by atoms with E-state index in [4.69, 9.17) is 4.42 Å². The van der Waals surface area contributed by atoms with E-state index in [0.717, 1.165) is 16.9 Å². The highest BCUT2D eigenvalue weighted by atomic mass is 16.3. The fourth-order valence-corrected chi connectivity index (χ4v) is 4.15. The first-order chi connectivity index (χ1) is 13.4. The van der Waals surface area contributed by atoms with Crippen LogP contribution in [-0.2, 0) is 0 Å². The molecule has 27 heavy (non-hydrogen) atoms. The van der Waals surface area contributed by atoms with Gasteiger partial charge in [0.25, 0.3) is 0 Å². The monoisotopic (exact) mass is 344 g/mol. The van der Waals surface area contributed by atoms with Crippen molar-refractivity contribution in [2.45, 2.75) is 0 Å². The highest BCUT2D eigenvalue weighted by Gasteiger charge is 2.21. The van der Waals surface area contributed by atoms with E-state index in [-0.39, 0.29) is 0 Å². The average molecular weight is 344 g/mol. The first-order valence-corrected chi connectivity index (χ1v) is 9.21. The zero-order valence-electron chi connectivity index (χ0n) is 14.6. The molecule has 0 aromatic heterocycles. The van der Waals surface area contributed by atoms with Crippen molar-refractivity contribution < 1.29 is 4.42 Å². The summed E-state index contributed by atoms with van der Waals surface area (Å²) in [7, 11) is 0. The van der Waals surface area contributed by atoms with Gasteiger partial charge in [0.2, 0.25) is 0 Å². The van der Waals surface area contributed by atoms with E-state index in [9.17, 15) is 0 Å². The van der Waals surface area contributed by atoms with E-state index >= 15 is 0 Å². The van der Waals surface area contributed by atoms with Crippen molar-refractivity contribution >= 4 is 32.5 Å². The number of hydrogen-bond acceptors (Lipinski definition) is 1. The Morgan fingerprint density at radius 2 is 1.19 bits per heavy atom. The molecule has 4 aromatic rings. The summed E-state index contributed by atoms with van der Waals surface area (Å²) in [5, 5.41) is 6.09. The molecule has 1 aliphatic heterocycles. The van der Waals surface area contributed by atoms with Crippen LogP contribution in [0.25, 0.3) is 55.0 Å². The third-order valence-corrected chi connectivity index (χ3v) is 5.41. The maximum absolute atomic E-state index is 6.54. The van der Waals surface area contributed by atoms with Crippen LogP contribution in [0.3, 0.4) is 0 Å². The summed E-state index contributed by atoms with van der Waals surface area (Å²) in [5.74, 6) is 0.939. The van der Waals surface area contributed by atoms with Crippen molar-refractivity contribution in [1.82, 2.24) is 0 Å². The summed E-state index contributed by atoms with van der Waals surface area (Å²) in [6.07, 6.45) is 0. The van der Waals surface area contributed by atoms with Crippen molar-refractivity contribution in [3.05, 3.63) is 97.1 Å². The molecule has 1 aliphatic carbocycles. The lowest BCUT2D eigenvalue weighted by molar-refractivity contribution is 0.623. The van der Waals surface area contributed by atoms with Crippen molar-refractivity contribution in [2.75, 3.05) is 0 Å². The van der Waals surface area contributed by atoms with Crippen LogP contribution < -0.4 is 0 Å². The Bertz CT molecular complexity index is 1410. The lowest BCUT2D eigenvalue weighted by Gasteiger charge is -2.13. The fourth-order valence-electron chi connectivity index (χ4n) is 4.15. The maximum Gasteiger partial charge on any atom is 0.143 e. The molecule has 1 nitrogen and oxygen atoms in total. The minimum Gasteiger partial charge on any atom is -0.455 e. The van der Waals surface area contributed by atoms with E-state index < -0.39 is 0 Å². The van der Waals surface area contributed by atoms with Gasteiger partial charge in [0.1, 0.15) is 11.3 Å². The zero-order valence-corrected chi connectivity index (χ0v) is 14.6. The molecule has 0 saturated carbocycles. The molecule has 0 unspecified atom stereocenters. The number of fused-ring (bicyclic) bond motifs is 6. The molecule has 0 saturated heterocycles. The molecule has 0 atom stereocenters. The number of benzene rings is 4. The predicted octanol–water partition coefficient (Wildman–Crippen LogP) is 7.51. The van der Waals surface area contributed by atoms with Crippen LogP contribution in [0, 0.1) is 0 Å². The first kappa shape index (κ1) is 14.6.